The van der Waals surface area contributed by atoms with Gasteiger partial charge in [-0.05, 0) is 38.5 Å². The number of unbranched alkanes of at least 4 members (excludes halogenated alkanes) is 18. The minimum absolute atomic E-state index is 0.00167. The number of carbonyl (C=O) groups excluding carboxylic acids is 1. The first kappa shape index (κ1) is 37.8. The maximum atomic E-state index is 12.3. The van der Waals surface area contributed by atoms with Gasteiger partial charge in [0.05, 0.1) is 31.3 Å². The van der Waals surface area contributed by atoms with Crippen LogP contribution in [0.3, 0.4) is 0 Å². The largest absolute Gasteiger partial charge is 0.394 e. The molecule has 0 aliphatic carbocycles. The van der Waals surface area contributed by atoms with Gasteiger partial charge in [0.25, 0.3) is 0 Å². The molecule has 0 aliphatic rings. The lowest BCUT2D eigenvalue weighted by Crippen LogP contribution is -2.45. The molecule has 0 heterocycles. The summed E-state index contributed by atoms with van der Waals surface area (Å²) in [5, 5.41) is 32.8. The van der Waals surface area contributed by atoms with Crippen molar-refractivity contribution in [2.75, 3.05) is 6.61 Å². The molecule has 0 bridgehead atoms. The lowest BCUT2D eigenvalue weighted by Gasteiger charge is -2.21. The Hall–Kier alpha value is -1.17. The predicted molar refractivity (Wildman–Crippen MR) is 167 cm³/mol. The lowest BCUT2D eigenvalue weighted by atomic mass is 10.0. The first-order valence-electron chi connectivity index (χ1n) is 16.6. The highest BCUT2D eigenvalue weighted by molar-refractivity contribution is 5.76. The number of rotatable bonds is 29. The average molecular weight is 552 g/mol. The maximum Gasteiger partial charge on any atom is 0.222 e. The molecule has 0 aromatic rings. The molecule has 0 fully saturated rings. The highest BCUT2D eigenvalue weighted by atomic mass is 16.3. The molecule has 0 aromatic carbocycles. The molecule has 39 heavy (non-hydrogen) atoms. The van der Waals surface area contributed by atoms with Crippen LogP contribution in [0.25, 0.3) is 0 Å². The molecule has 1 amide bonds. The molecule has 0 spiro atoms. The van der Waals surface area contributed by atoms with Gasteiger partial charge in [0, 0.05) is 0 Å². The zero-order chi connectivity index (χ0) is 28.8. The SMILES string of the molecule is CCCC/C=C\CCCCC(O)CC(=O)NC(CO)C(O)/C=C/CCCCCCCCCCCCCCCC. The van der Waals surface area contributed by atoms with Gasteiger partial charge in [-0.25, -0.2) is 0 Å². The van der Waals surface area contributed by atoms with Crippen molar-refractivity contribution in [3.63, 3.8) is 0 Å². The molecule has 5 nitrogen and oxygen atoms in total. The molecule has 3 atom stereocenters. The summed E-state index contributed by atoms with van der Waals surface area (Å²) in [5.74, 6) is -0.333. The third-order valence-electron chi connectivity index (χ3n) is 7.48. The fraction of sp³-hybridized carbons (Fsp3) is 0.853. The topological polar surface area (TPSA) is 89.8 Å². The Morgan fingerprint density at radius 1 is 0.641 bits per heavy atom. The predicted octanol–water partition coefficient (Wildman–Crippen LogP) is 8.31. The van der Waals surface area contributed by atoms with Crippen LogP contribution in [0.2, 0.25) is 0 Å². The first-order chi connectivity index (χ1) is 19.0. The minimum atomic E-state index is -0.928. The second kappa shape index (κ2) is 29.8. The van der Waals surface area contributed by atoms with Crippen molar-refractivity contribution in [1.82, 2.24) is 5.32 Å². The van der Waals surface area contributed by atoms with E-state index in [4.69, 9.17) is 0 Å². The minimum Gasteiger partial charge on any atom is -0.394 e. The van der Waals surface area contributed by atoms with E-state index in [1.807, 2.05) is 6.08 Å². The van der Waals surface area contributed by atoms with E-state index < -0.39 is 18.2 Å². The number of nitrogens with one attached hydrogen (secondary N) is 1. The van der Waals surface area contributed by atoms with E-state index >= 15 is 0 Å². The summed E-state index contributed by atoms with van der Waals surface area (Å²) in [6.07, 6.45) is 33.1. The summed E-state index contributed by atoms with van der Waals surface area (Å²) in [6.45, 7) is 4.12. The monoisotopic (exact) mass is 551 g/mol. The normalized spacial score (nSPS) is 14.3. The summed E-state index contributed by atoms with van der Waals surface area (Å²) >= 11 is 0. The van der Waals surface area contributed by atoms with Gasteiger partial charge in [-0.2, -0.15) is 0 Å². The third kappa shape index (κ3) is 26.8. The number of hydrogen-bond acceptors (Lipinski definition) is 4. The van der Waals surface area contributed by atoms with Crippen LogP contribution in [0.1, 0.15) is 162 Å². The van der Waals surface area contributed by atoms with Crippen LogP contribution in [0, 0.1) is 0 Å². The van der Waals surface area contributed by atoms with Crippen LogP contribution in [0.15, 0.2) is 24.3 Å². The van der Waals surface area contributed by atoms with E-state index in [-0.39, 0.29) is 18.9 Å². The Morgan fingerprint density at radius 2 is 1.10 bits per heavy atom. The van der Waals surface area contributed by atoms with Gasteiger partial charge >= 0.3 is 0 Å². The first-order valence-corrected chi connectivity index (χ1v) is 16.6. The molecule has 4 N–H and O–H groups in total. The summed E-state index contributed by atoms with van der Waals surface area (Å²) in [7, 11) is 0. The Balaban J connectivity index is 3.77. The van der Waals surface area contributed by atoms with E-state index in [2.05, 4.69) is 31.3 Å². The van der Waals surface area contributed by atoms with Crippen molar-refractivity contribution < 1.29 is 20.1 Å². The Kier molecular flexibility index (Phi) is 28.9. The van der Waals surface area contributed by atoms with Gasteiger partial charge in [-0.15, -0.1) is 0 Å². The molecule has 0 saturated heterocycles. The summed E-state index contributed by atoms with van der Waals surface area (Å²) in [4.78, 5) is 12.3. The zero-order valence-electron chi connectivity index (χ0n) is 25.8. The van der Waals surface area contributed by atoms with Crippen molar-refractivity contribution >= 4 is 5.91 Å². The number of amides is 1. The number of allylic oxidation sites excluding steroid dienone is 3. The Morgan fingerprint density at radius 3 is 1.64 bits per heavy atom. The molecule has 0 aliphatic heterocycles. The van der Waals surface area contributed by atoms with Crippen LogP contribution < -0.4 is 5.32 Å². The van der Waals surface area contributed by atoms with Crippen LogP contribution in [-0.2, 0) is 4.79 Å². The fourth-order valence-corrected chi connectivity index (χ4v) is 4.85. The number of aliphatic hydroxyl groups is 3. The van der Waals surface area contributed by atoms with Gasteiger partial charge in [0.1, 0.15) is 0 Å². The van der Waals surface area contributed by atoms with E-state index in [1.54, 1.807) is 6.08 Å². The second-order valence-electron chi connectivity index (χ2n) is 11.4. The van der Waals surface area contributed by atoms with Crippen molar-refractivity contribution in [2.24, 2.45) is 0 Å². The molecular weight excluding hydrogens is 486 g/mol. The number of hydrogen-bond donors (Lipinski definition) is 4. The van der Waals surface area contributed by atoms with Crippen LogP contribution in [0.4, 0.5) is 0 Å². The van der Waals surface area contributed by atoms with E-state index in [9.17, 15) is 20.1 Å². The van der Waals surface area contributed by atoms with Crippen molar-refractivity contribution in [3.05, 3.63) is 24.3 Å². The standard InChI is InChI=1S/C34H65NO4/c1-3-5-7-9-11-13-14-15-16-17-18-19-20-22-24-26-28-33(38)32(30-36)35-34(39)29-31(37)27-25-23-21-12-10-8-6-4-2/h10,12,26,28,31-33,36-38H,3-9,11,13-25,27,29-30H2,1-2H3,(H,35,39)/b12-10-,28-26+. The van der Waals surface area contributed by atoms with E-state index in [1.165, 1.54) is 96.3 Å². The molecular formula is C34H65NO4. The summed E-state index contributed by atoms with van der Waals surface area (Å²) < 4.78 is 0. The summed E-state index contributed by atoms with van der Waals surface area (Å²) in [6, 6.07) is -0.745. The fourth-order valence-electron chi connectivity index (χ4n) is 4.85. The van der Waals surface area contributed by atoms with Crippen molar-refractivity contribution in [2.45, 2.75) is 180 Å². The molecule has 0 rings (SSSR count). The van der Waals surface area contributed by atoms with Gasteiger partial charge in [0.15, 0.2) is 0 Å². The molecule has 3 unspecified atom stereocenters. The van der Waals surface area contributed by atoms with Crippen LogP contribution >= 0.6 is 0 Å². The maximum absolute atomic E-state index is 12.3. The molecule has 0 radical (unpaired) electrons. The van der Waals surface area contributed by atoms with Crippen LogP contribution in [-0.4, -0.2) is 46.1 Å². The quantitative estimate of drug-likeness (QED) is 0.0556. The highest BCUT2D eigenvalue weighted by Gasteiger charge is 2.20. The van der Waals surface area contributed by atoms with E-state index in [0.29, 0.717) is 6.42 Å². The summed E-state index contributed by atoms with van der Waals surface area (Å²) in [5.41, 5.74) is 0. The third-order valence-corrected chi connectivity index (χ3v) is 7.48. The van der Waals surface area contributed by atoms with E-state index in [0.717, 1.165) is 38.5 Å². The average Bonchev–Trinajstić information content (AvgIpc) is 2.92. The van der Waals surface area contributed by atoms with Crippen molar-refractivity contribution in [3.8, 4) is 0 Å². The van der Waals surface area contributed by atoms with Gasteiger partial charge in [-0.3, -0.25) is 4.79 Å². The highest BCUT2D eigenvalue weighted by Crippen LogP contribution is 2.14. The second-order valence-corrected chi connectivity index (χ2v) is 11.4. The van der Waals surface area contributed by atoms with Crippen LogP contribution in [0.5, 0.6) is 0 Å². The van der Waals surface area contributed by atoms with Crippen molar-refractivity contribution in [1.29, 1.82) is 0 Å². The smallest absolute Gasteiger partial charge is 0.222 e. The Bertz CT molecular complexity index is 578. The molecule has 0 aromatic heterocycles. The Labute approximate surface area is 241 Å². The molecule has 5 heteroatoms. The molecule has 0 saturated carbocycles. The van der Waals surface area contributed by atoms with Gasteiger partial charge < -0.3 is 20.6 Å². The number of aliphatic hydroxyl groups excluding tert-OH is 3. The molecule has 230 valence electrons. The zero-order valence-corrected chi connectivity index (χ0v) is 25.8. The number of carbonyl (C=O) groups is 1. The lowest BCUT2D eigenvalue weighted by molar-refractivity contribution is -0.124. The van der Waals surface area contributed by atoms with Gasteiger partial charge in [0.2, 0.25) is 5.91 Å². The van der Waals surface area contributed by atoms with Gasteiger partial charge in [-0.1, -0.05) is 141 Å².